The van der Waals surface area contributed by atoms with Crippen molar-refractivity contribution < 1.29 is 9.53 Å². The third-order valence-electron chi connectivity index (χ3n) is 4.30. The zero-order chi connectivity index (χ0) is 19.5. The summed E-state index contributed by atoms with van der Waals surface area (Å²) < 4.78 is 6.26. The van der Waals surface area contributed by atoms with E-state index in [0.29, 0.717) is 34.5 Å². The number of amides is 1. The third-order valence-corrected chi connectivity index (χ3v) is 5.02. The van der Waals surface area contributed by atoms with E-state index in [4.69, 9.17) is 4.74 Å². The van der Waals surface area contributed by atoms with E-state index in [1.807, 2.05) is 56.3 Å². The molecular formula is C20H19N5O2S. The molecule has 0 aliphatic carbocycles. The summed E-state index contributed by atoms with van der Waals surface area (Å²) in [6.45, 7) is 3.85. The van der Waals surface area contributed by atoms with E-state index in [2.05, 4.69) is 20.2 Å². The van der Waals surface area contributed by atoms with Gasteiger partial charge in [-0.25, -0.2) is 0 Å². The van der Waals surface area contributed by atoms with Crippen LogP contribution in [0.15, 0.2) is 53.8 Å². The fraction of sp³-hybridized carbons (Fsp3) is 0.250. The number of carbonyl (C=O) groups excluding carboxylic acids is 1. The molecule has 3 heterocycles. The minimum absolute atomic E-state index is 0.0768. The number of aromatic nitrogens is 4. The van der Waals surface area contributed by atoms with Gasteiger partial charge < -0.3 is 4.74 Å². The maximum Gasteiger partial charge on any atom is 0.247 e. The van der Waals surface area contributed by atoms with Gasteiger partial charge in [-0.3, -0.25) is 14.7 Å². The summed E-state index contributed by atoms with van der Waals surface area (Å²) in [6.07, 6.45) is 1.27. The Morgan fingerprint density at radius 3 is 2.71 bits per heavy atom. The molecule has 28 heavy (non-hydrogen) atoms. The minimum atomic E-state index is -0.743. The highest BCUT2D eigenvalue weighted by atomic mass is 32.2. The number of pyridine rings is 1. The van der Waals surface area contributed by atoms with Gasteiger partial charge in [0.05, 0.1) is 5.69 Å². The molecule has 4 rings (SSSR count). The topological polar surface area (TPSA) is 81.1 Å². The van der Waals surface area contributed by atoms with Gasteiger partial charge in [-0.2, -0.15) is 4.98 Å². The van der Waals surface area contributed by atoms with Gasteiger partial charge in [0.15, 0.2) is 5.69 Å². The zero-order valence-electron chi connectivity index (χ0n) is 15.6. The second kappa shape index (κ2) is 7.93. The highest BCUT2D eigenvalue weighted by molar-refractivity contribution is 7.99. The van der Waals surface area contributed by atoms with E-state index in [0.717, 1.165) is 11.3 Å². The standard InChI is InChI=1S/C20H19N5O2S/c1-3-16(26)25-15-11-6-5-9-13(15)17-18(22-20(24-23-17)28-4-2)27-19(25)14-10-7-8-12-21-14/h5-12,19H,3-4H2,1-2H3/t19-/m1/s1. The molecule has 142 valence electrons. The number of fused-ring (bicyclic) bond motifs is 3. The number of anilines is 1. The summed E-state index contributed by atoms with van der Waals surface area (Å²) in [5.74, 6) is 1.09. The first-order chi connectivity index (χ1) is 13.7. The van der Waals surface area contributed by atoms with Crippen molar-refractivity contribution in [3.05, 3.63) is 54.4 Å². The Kier molecular flexibility index (Phi) is 5.21. The molecule has 8 heteroatoms. The Hall–Kier alpha value is -3.00. The molecule has 0 saturated heterocycles. The average Bonchev–Trinajstić information content (AvgIpc) is 2.88. The molecule has 3 aromatic rings. The van der Waals surface area contributed by atoms with Crippen molar-refractivity contribution in [2.45, 2.75) is 31.7 Å². The maximum atomic E-state index is 12.9. The highest BCUT2D eigenvalue weighted by Crippen LogP contribution is 2.43. The second-order valence-corrected chi connectivity index (χ2v) is 7.27. The van der Waals surface area contributed by atoms with Crippen LogP contribution in [0.4, 0.5) is 5.69 Å². The molecule has 0 fully saturated rings. The molecule has 1 amide bonds. The van der Waals surface area contributed by atoms with Crippen LogP contribution in [0.2, 0.25) is 0 Å². The Bertz CT molecular complexity index is 999. The van der Waals surface area contributed by atoms with Crippen LogP contribution in [-0.2, 0) is 4.79 Å². The number of thioether (sulfide) groups is 1. The number of nitrogens with zero attached hydrogens (tertiary/aromatic N) is 5. The van der Waals surface area contributed by atoms with Crippen LogP contribution in [0.1, 0.15) is 32.2 Å². The van der Waals surface area contributed by atoms with E-state index in [9.17, 15) is 4.79 Å². The summed E-state index contributed by atoms with van der Waals surface area (Å²) >= 11 is 1.48. The predicted molar refractivity (Wildman–Crippen MR) is 107 cm³/mol. The summed E-state index contributed by atoms with van der Waals surface area (Å²) in [6, 6.07) is 13.1. The lowest BCUT2D eigenvalue weighted by Gasteiger charge is -2.29. The minimum Gasteiger partial charge on any atom is -0.445 e. The van der Waals surface area contributed by atoms with Gasteiger partial charge in [-0.1, -0.05) is 49.9 Å². The van der Waals surface area contributed by atoms with Crippen molar-refractivity contribution in [2.75, 3.05) is 10.7 Å². The molecule has 0 spiro atoms. The van der Waals surface area contributed by atoms with Crippen LogP contribution in [-0.4, -0.2) is 31.8 Å². The predicted octanol–water partition coefficient (Wildman–Crippen LogP) is 3.88. The van der Waals surface area contributed by atoms with Crippen molar-refractivity contribution in [3.63, 3.8) is 0 Å². The molecule has 7 nitrogen and oxygen atoms in total. The lowest BCUT2D eigenvalue weighted by atomic mass is 10.1. The monoisotopic (exact) mass is 393 g/mol. The van der Waals surface area contributed by atoms with Gasteiger partial charge in [0.2, 0.25) is 23.2 Å². The van der Waals surface area contributed by atoms with E-state index in [1.54, 1.807) is 11.1 Å². The van der Waals surface area contributed by atoms with Gasteiger partial charge in [-0.15, -0.1) is 10.2 Å². The van der Waals surface area contributed by atoms with Gasteiger partial charge in [0.1, 0.15) is 5.69 Å². The zero-order valence-corrected chi connectivity index (χ0v) is 16.4. The van der Waals surface area contributed by atoms with Gasteiger partial charge >= 0.3 is 0 Å². The SMILES string of the molecule is CCSc1nnc2c(n1)O[C@H](c1ccccn1)N(C(=O)CC)c1ccccc1-2. The van der Waals surface area contributed by atoms with Crippen LogP contribution in [0, 0.1) is 0 Å². The fourth-order valence-electron chi connectivity index (χ4n) is 3.06. The number of rotatable bonds is 4. The Balaban J connectivity index is 1.95. The molecular weight excluding hydrogens is 374 g/mol. The number of benzene rings is 1. The van der Waals surface area contributed by atoms with Gasteiger partial charge in [0.25, 0.3) is 0 Å². The lowest BCUT2D eigenvalue weighted by Crippen LogP contribution is -2.37. The van der Waals surface area contributed by atoms with E-state index in [1.165, 1.54) is 11.8 Å². The molecule has 0 radical (unpaired) electrons. The quantitative estimate of drug-likeness (QED) is 0.622. The molecule has 1 aliphatic rings. The molecule has 1 aliphatic heterocycles. The van der Waals surface area contributed by atoms with Gasteiger partial charge in [0, 0.05) is 18.2 Å². The van der Waals surface area contributed by atoms with Gasteiger partial charge in [-0.05, 0) is 24.0 Å². The first kappa shape index (κ1) is 18.4. The Morgan fingerprint density at radius 1 is 1.14 bits per heavy atom. The van der Waals surface area contributed by atoms with E-state index >= 15 is 0 Å². The molecule has 1 aromatic carbocycles. The number of para-hydroxylation sites is 1. The second-order valence-electron chi connectivity index (χ2n) is 6.04. The first-order valence-corrected chi connectivity index (χ1v) is 10.1. The van der Waals surface area contributed by atoms with Crippen LogP contribution >= 0.6 is 11.8 Å². The summed E-state index contributed by atoms with van der Waals surface area (Å²) in [5.41, 5.74) is 2.60. The van der Waals surface area contributed by atoms with Crippen LogP contribution in [0.25, 0.3) is 11.3 Å². The van der Waals surface area contributed by atoms with Crippen LogP contribution < -0.4 is 9.64 Å². The van der Waals surface area contributed by atoms with E-state index in [-0.39, 0.29) is 5.91 Å². The van der Waals surface area contributed by atoms with Crippen LogP contribution in [0.3, 0.4) is 0 Å². The van der Waals surface area contributed by atoms with Crippen molar-refractivity contribution in [3.8, 4) is 17.1 Å². The third kappa shape index (κ3) is 3.31. The largest absolute Gasteiger partial charge is 0.445 e. The summed E-state index contributed by atoms with van der Waals surface area (Å²) in [7, 11) is 0. The Labute approximate surface area is 167 Å². The van der Waals surface area contributed by atoms with Crippen molar-refractivity contribution in [1.82, 2.24) is 20.2 Å². The molecule has 2 aromatic heterocycles. The first-order valence-electron chi connectivity index (χ1n) is 9.09. The number of hydrogen-bond donors (Lipinski definition) is 0. The fourth-order valence-corrected chi connectivity index (χ4v) is 3.56. The average molecular weight is 393 g/mol. The summed E-state index contributed by atoms with van der Waals surface area (Å²) in [5, 5.41) is 9.12. The Morgan fingerprint density at radius 2 is 1.96 bits per heavy atom. The number of hydrogen-bond acceptors (Lipinski definition) is 7. The lowest BCUT2D eigenvalue weighted by molar-refractivity contribution is -0.120. The maximum absolute atomic E-state index is 12.9. The number of ether oxygens (including phenoxy) is 1. The molecule has 1 atom stereocenters. The molecule has 0 unspecified atom stereocenters. The molecule has 0 saturated carbocycles. The van der Waals surface area contributed by atoms with Crippen LogP contribution in [0.5, 0.6) is 5.88 Å². The smallest absolute Gasteiger partial charge is 0.247 e. The normalized spacial score (nSPS) is 15.2. The molecule has 0 N–H and O–H groups in total. The molecule has 0 bridgehead atoms. The number of carbonyl (C=O) groups is 1. The van der Waals surface area contributed by atoms with Crippen molar-refractivity contribution in [2.24, 2.45) is 0 Å². The van der Waals surface area contributed by atoms with E-state index < -0.39 is 6.23 Å². The van der Waals surface area contributed by atoms with Crippen molar-refractivity contribution >= 4 is 23.4 Å². The summed E-state index contributed by atoms with van der Waals surface area (Å²) in [4.78, 5) is 23.6. The highest BCUT2D eigenvalue weighted by Gasteiger charge is 2.35. The van der Waals surface area contributed by atoms with Crippen molar-refractivity contribution in [1.29, 1.82) is 0 Å².